The van der Waals surface area contributed by atoms with Crippen molar-refractivity contribution in [3.63, 3.8) is 0 Å². The van der Waals surface area contributed by atoms with Crippen molar-refractivity contribution in [2.75, 3.05) is 5.32 Å². The number of benzene rings is 1. The molecule has 0 atom stereocenters. The molecular formula is C18H18ClN7. The van der Waals surface area contributed by atoms with Gasteiger partial charge in [0.15, 0.2) is 17.0 Å². The van der Waals surface area contributed by atoms with E-state index in [0.29, 0.717) is 17.9 Å². The van der Waals surface area contributed by atoms with E-state index in [4.69, 9.17) is 11.6 Å². The number of rotatable bonds is 5. The highest BCUT2D eigenvalue weighted by atomic mass is 35.5. The van der Waals surface area contributed by atoms with Crippen molar-refractivity contribution in [2.24, 2.45) is 0 Å². The Hall–Kier alpha value is -2.93. The number of anilines is 1. The summed E-state index contributed by atoms with van der Waals surface area (Å²) in [5, 5.41) is 3.55. The second kappa shape index (κ2) is 6.76. The number of halogens is 1. The summed E-state index contributed by atoms with van der Waals surface area (Å²) in [6.07, 6.45) is 7.23. The molecule has 3 aromatic heterocycles. The molecular weight excluding hydrogens is 350 g/mol. The van der Waals surface area contributed by atoms with Crippen molar-refractivity contribution in [3.05, 3.63) is 60.2 Å². The Morgan fingerprint density at radius 1 is 1.15 bits per heavy atom. The number of hydrogen-bond donors (Lipinski definition) is 1. The molecule has 0 fully saturated rings. The Labute approximate surface area is 155 Å². The van der Waals surface area contributed by atoms with Crippen molar-refractivity contribution in [3.8, 4) is 5.69 Å². The normalized spacial score (nSPS) is 11.4. The van der Waals surface area contributed by atoms with Gasteiger partial charge in [-0.1, -0.05) is 18.2 Å². The minimum Gasteiger partial charge on any atom is -0.364 e. The van der Waals surface area contributed by atoms with Gasteiger partial charge in [0, 0.05) is 25.0 Å². The van der Waals surface area contributed by atoms with Crippen LogP contribution in [0.15, 0.2) is 49.3 Å². The topological polar surface area (TPSA) is 73.5 Å². The monoisotopic (exact) mass is 367 g/mol. The van der Waals surface area contributed by atoms with E-state index < -0.39 is 0 Å². The molecule has 26 heavy (non-hydrogen) atoms. The summed E-state index contributed by atoms with van der Waals surface area (Å²) in [5.74, 6) is 0.625. The van der Waals surface area contributed by atoms with Crippen LogP contribution in [-0.4, -0.2) is 29.1 Å². The lowest BCUT2D eigenvalue weighted by Crippen LogP contribution is -2.07. The van der Waals surface area contributed by atoms with Crippen LogP contribution in [-0.2, 0) is 6.54 Å². The van der Waals surface area contributed by atoms with E-state index in [1.807, 2.05) is 27.5 Å². The smallest absolute Gasteiger partial charge is 0.226 e. The van der Waals surface area contributed by atoms with E-state index >= 15 is 0 Å². The van der Waals surface area contributed by atoms with Gasteiger partial charge in [-0.3, -0.25) is 0 Å². The highest BCUT2D eigenvalue weighted by molar-refractivity contribution is 6.28. The first-order chi connectivity index (χ1) is 12.6. The molecule has 1 aromatic carbocycles. The van der Waals surface area contributed by atoms with E-state index in [0.717, 1.165) is 16.9 Å². The summed E-state index contributed by atoms with van der Waals surface area (Å²) >= 11 is 6.14. The number of para-hydroxylation sites is 1. The third kappa shape index (κ3) is 3.01. The van der Waals surface area contributed by atoms with Gasteiger partial charge in [-0.15, -0.1) is 0 Å². The molecule has 0 radical (unpaired) electrons. The van der Waals surface area contributed by atoms with Gasteiger partial charge < -0.3 is 14.5 Å². The van der Waals surface area contributed by atoms with Gasteiger partial charge in [0.05, 0.1) is 18.3 Å². The number of nitrogens with one attached hydrogen (secondary N) is 1. The summed E-state index contributed by atoms with van der Waals surface area (Å²) in [4.78, 5) is 17.3. The van der Waals surface area contributed by atoms with Crippen molar-refractivity contribution >= 4 is 28.6 Å². The van der Waals surface area contributed by atoms with Gasteiger partial charge >= 0.3 is 0 Å². The molecule has 0 aliphatic rings. The maximum Gasteiger partial charge on any atom is 0.226 e. The molecule has 3 heterocycles. The summed E-state index contributed by atoms with van der Waals surface area (Å²) < 4.78 is 3.96. The molecule has 0 bridgehead atoms. The van der Waals surface area contributed by atoms with Gasteiger partial charge in [-0.05, 0) is 37.1 Å². The lowest BCUT2D eigenvalue weighted by molar-refractivity contribution is 0.612. The predicted octanol–water partition coefficient (Wildman–Crippen LogP) is 3.86. The van der Waals surface area contributed by atoms with Crippen LogP contribution in [0, 0.1) is 0 Å². The fourth-order valence-electron chi connectivity index (χ4n) is 2.88. The number of nitrogens with zero attached hydrogens (tertiary/aromatic N) is 6. The van der Waals surface area contributed by atoms with Gasteiger partial charge in [0.1, 0.15) is 0 Å². The fraction of sp³-hybridized carbons (Fsp3) is 0.222. The van der Waals surface area contributed by atoms with Crippen LogP contribution in [0.5, 0.6) is 0 Å². The molecule has 4 rings (SSSR count). The van der Waals surface area contributed by atoms with E-state index in [1.54, 1.807) is 18.9 Å². The number of hydrogen-bond acceptors (Lipinski definition) is 5. The van der Waals surface area contributed by atoms with Crippen LogP contribution in [0.2, 0.25) is 5.28 Å². The molecule has 0 aliphatic carbocycles. The Bertz CT molecular complexity index is 1040. The fourth-order valence-corrected chi connectivity index (χ4v) is 3.05. The van der Waals surface area contributed by atoms with Crippen molar-refractivity contribution < 1.29 is 0 Å². The van der Waals surface area contributed by atoms with E-state index in [1.165, 1.54) is 0 Å². The SMILES string of the molecule is CC(C)n1cnc2c(NCc3ccccc3-n3ccnc3)nc(Cl)nc21. The average molecular weight is 368 g/mol. The minimum atomic E-state index is 0.199. The van der Waals surface area contributed by atoms with Crippen LogP contribution in [0.3, 0.4) is 0 Å². The van der Waals surface area contributed by atoms with Crippen molar-refractivity contribution in [2.45, 2.75) is 26.4 Å². The van der Waals surface area contributed by atoms with E-state index in [2.05, 4.69) is 51.2 Å². The molecule has 4 aromatic rings. The summed E-state index contributed by atoms with van der Waals surface area (Å²) in [7, 11) is 0. The Balaban J connectivity index is 1.68. The summed E-state index contributed by atoms with van der Waals surface area (Å²) in [6.45, 7) is 4.72. The predicted molar refractivity (Wildman–Crippen MR) is 102 cm³/mol. The van der Waals surface area contributed by atoms with Crippen molar-refractivity contribution in [1.29, 1.82) is 0 Å². The minimum absolute atomic E-state index is 0.199. The van der Waals surface area contributed by atoms with Gasteiger partial charge in [-0.2, -0.15) is 9.97 Å². The van der Waals surface area contributed by atoms with Gasteiger partial charge in [0.25, 0.3) is 0 Å². The lowest BCUT2D eigenvalue weighted by Gasteiger charge is -2.12. The molecule has 7 nitrogen and oxygen atoms in total. The lowest BCUT2D eigenvalue weighted by atomic mass is 10.1. The first kappa shape index (κ1) is 16.5. The maximum absolute atomic E-state index is 6.14. The molecule has 1 N–H and O–H groups in total. The average Bonchev–Trinajstić information content (AvgIpc) is 3.29. The highest BCUT2D eigenvalue weighted by Gasteiger charge is 2.14. The first-order valence-electron chi connectivity index (χ1n) is 8.33. The zero-order valence-electron chi connectivity index (χ0n) is 14.5. The van der Waals surface area contributed by atoms with E-state index in [-0.39, 0.29) is 11.3 Å². The molecule has 0 amide bonds. The number of aromatic nitrogens is 6. The molecule has 0 saturated heterocycles. The second-order valence-electron chi connectivity index (χ2n) is 6.21. The Morgan fingerprint density at radius 2 is 2.00 bits per heavy atom. The number of imidazole rings is 2. The molecule has 0 spiro atoms. The Morgan fingerprint density at radius 3 is 2.77 bits per heavy atom. The molecule has 132 valence electrons. The standard InChI is InChI=1S/C18H18ClN7/c1-12(2)26-11-22-15-16(23-18(19)24-17(15)26)21-9-13-5-3-4-6-14(13)25-8-7-20-10-25/h3-8,10-12H,9H2,1-2H3,(H,21,23,24). The molecule has 8 heteroatoms. The molecule has 0 aliphatic heterocycles. The van der Waals surface area contributed by atoms with Crippen LogP contribution in [0.1, 0.15) is 25.5 Å². The maximum atomic E-state index is 6.14. The van der Waals surface area contributed by atoms with Crippen molar-refractivity contribution in [1.82, 2.24) is 29.1 Å². The first-order valence-corrected chi connectivity index (χ1v) is 8.71. The van der Waals surface area contributed by atoms with Crippen LogP contribution in [0.25, 0.3) is 16.9 Å². The van der Waals surface area contributed by atoms with Gasteiger partial charge in [0.2, 0.25) is 5.28 Å². The highest BCUT2D eigenvalue weighted by Crippen LogP contribution is 2.24. The third-order valence-electron chi connectivity index (χ3n) is 4.17. The second-order valence-corrected chi connectivity index (χ2v) is 6.55. The van der Waals surface area contributed by atoms with Crippen LogP contribution < -0.4 is 5.32 Å². The van der Waals surface area contributed by atoms with Crippen LogP contribution in [0.4, 0.5) is 5.82 Å². The number of fused-ring (bicyclic) bond motifs is 1. The third-order valence-corrected chi connectivity index (χ3v) is 4.34. The zero-order valence-corrected chi connectivity index (χ0v) is 15.2. The zero-order chi connectivity index (χ0) is 18.1. The quantitative estimate of drug-likeness (QED) is 0.542. The molecule has 0 unspecified atom stereocenters. The summed E-state index contributed by atoms with van der Waals surface area (Å²) in [6, 6.07) is 8.36. The van der Waals surface area contributed by atoms with Crippen LogP contribution >= 0.6 is 11.6 Å². The van der Waals surface area contributed by atoms with E-state index in [9.17, 15) is 0 Å². The largest absolute Gasteiger partial charge is 0.364 e. The van der Waals surface area contributed by atoms with Gasteiger partial charge in [-0.25, -0.2) is 9.97 Å². The summed E-state index contributed by atoms with van der Waals surface area (Å²) in [5.41, 5.74) is 3.60. The molecule has 0 saturated carbocycles. The Kier molecular flexibility index (Phi) is 4.30.